The van der Waals surface area contributed by atoms with Crippen molar-refractivity contribution in [1.82, 2.24) is 4.72 Å². The van der Waals surface area contributed by atoms with Crippen molar-refractivity contribution < 1.29 is 17.5 Å². The van der Waals surface area contributed by atoms with Gasteiger partial charge in [0.05, 0.1) is 12.0 Å². The Labute approximate surface area is 136 Å². The molecule has 0 bridgehead atoms. The summed E-state index contributed by atoms with van der Waals surface area (Å²) >= 11 is 0. The predicted octanol–water partition coefficient (Wildman–Crippen LogP) is 3.49. The number of ether oxygens (including phenoxy) is 1. The minimum atomic E-state index is -3.70. The van der Waals surface area contributed by atoms with Gasteiger partial charge in [0.1, 0.15) is 11.6 Å². The van der Waals surface area contributed by atoms with Crippen LogP contribution in [0.1, 0.15) is 29.7 Å². The molecule has 0 fully saturated rings. The second-order valence-electron chi connectivity index (χ2n) is 5.48. The maximum absolute atomic E-state index is 13.0. The topological polar surface area (TPSA) is 55.4 Å². The zero-order valence-corrected chi connectivity index (χ0v) is 14.4. The van der Waals surface area contributed by atoms with Crippen LogP contribution in [0.5, 0.6) is 5.75 Å². The third-order valence-corrected chi connectivity index (χ3v) is 5.49. The Kier molecular flexibility index (Phi) is 5.06. The number of hydrogen-bond donors (Lipinski definition) is 1. The first kappa shape index (κ1) is 17.4. The summed E-state index contributed by atoms with van der Waals surface area (Å²) in [6.07, 6.45) is 0. The Morgan fingerprint density at radius 3 is 2.09 bits per heavy atom. The van der Waals surface area contributed by atoms with E-state index in [1.54, 1.807) is 45.0 Å². The molecule has 6 heteroatoms. The maximum atomic E-state index is 13.0. The van der Waals surface area contributed by atoms with Gasteiger partial charge in [-0.05, 0) is 61.7 Å². The Bertz CT molecular complexity index is 778. The van der Waals surface area contributed by atoms with Gasteiger partial charge >= 0.3 is 0 Å². The van der Waals surface area contributed by atoms with E-state index in [0.717, 1.165) is 0 Å². The molecule has 124 valence electrons. The van der Waals surface area contributed by atoms with E-state index >= 15 is 0 Å². The molecule has 4 nitrogen and oxygen atoms in total. The van der Waals surface area contributed by atoms with Crippen LogP contribution in [-0.4, -0.2) is 15.5 Å². The summed E-state index contributed by atoms with van der Waals surface area (Å²) in [5, 5.41) is 0. The van der Waals surface area contributed by atoms with Crippen LogP contribution in [0.4, 0.5) is 4.39 Å². The van der Waals surface area contributed by atoms with E-state index in [0.29, 0.717) is 22.4 Å². The molecule has 0 spiro atoms. The van der Waals surface area contributed by atoms with Crippen LogP contribution >= 0.6 is 0 Å². The SMILES string of the molecule is COc1cc(C)c(S(=O)(=O)N[C@@H](C)c2ccc(F)cc2)c(C)c1. The quantitative estimate of drug-likeness (QED) is 0.908. The zero-order chi connectivity index (χ0) is 17.2. The van der Waals surface area contributed by atoms with Gasteiger partial charge in [-0.1, -0.05) is 12.1 Å². The number of rotatable bonds is 5. The number of halogens is 1. The molecule has 1 N–H and O–H groups in total. The van der Waals surface area contributed by atoms with Crippen LogP contribution < -0.4 is 9.46 Å². The van der Waals surface area contributed by atoms with Gasteiger partial charge < -0.3 is 4.74 Å². The van der Waals surface area contributed by atoms with Crippen molar-refractivity contribution in [1.29, 1.82) is 0 Å². The van der Waals surface area contributed by atoms with Crippen molar-refractivity contribution in [2.24, 2.45) is 0 Å². The highest BCUT2D eigenvalue weighted by Crippen LogP contribution is 2.27. The van der Waals surface area contributed by atoms with Crippen molar-refractivity contribution in [3.05, 3.63) is 58.9 Å². The molecule has 2 aromatic rings. The van der Waals surface area contributed by atoms with Crippen LogP contribution in [-0.2, 0) is 10.0 Å². The van der Waals surface area contributed by atoms with E-state index in [4.69, 9.17) is 4.74 Å². The smallest absolute Gasteiger partial charge is 0.241 e. The second-order valence-corrected chi connectivity index (χ2v) is 7.14. The predicted molar refractivity (Wildman–Crippen MR) is 87.6 cm³/mol. The van der Waals surface area contributed by atoms with Crippen LogP contribution in [0.15, 0.2) is 41.3 Å². The number of nitrogens with one attached hydrogen (secondary N) is 1. The lowest BCUT2D eigenvalue weighted by Crippen LogP contribution is -2.28. The molecule has 23 heavy (non-hydrogen) atoms. The largest absolute Gasteiger partial charge is 0.497 e. The van der Waals surface area contributed by atoms with Gasteiger partial charge in [0, 0.05) is 6.04 Å². The number of sulfonamides is 1. The molecule has 0 amide bonds. The van der Waals surface area contributed by atoms with Gasteiger partial charge in [0.25, 0.3) is 0 Å². The highest BCUT2D eigenvalue weighted by atomic mass is 32.2. The number of benzene rings is 2. The fourth-order valence-corrected chi connectivity index (χ4v) is 4.25. The van der Waals surface area contributed by atoms with Crippen molar-refractivity contribution in [2.75, 3.05) is 7.11 Å². The van der Waals surface area contributed by atoms with Crippen molar-refractivity contribution >= 4 is 10.0 Å². The van der Waals surface area contributed by atoms with Crippen LogP contribution in [0, 0.1) is 19.7 Å². The first-order valence-corrected chi connectivity index (χ1v) is 8.66. The van der Waals surface area contributed by atoms with Gasteiger partial charge in [-0.3, -0.25) is 0 Å². The average molecular weight is 337 g/mol. The van der Waals surface area contributed by atoms with E-state index < -0.39 is 16.1 Å². The summed E-state index contributed by atoms with van der Waals surface area (Å²) in [4.78, 5) is 0.243. The Hall–Kier alpha value is -1.92. The van der Waals surface area contributed by atoms with Crippen LogP contribution in [0.2, 0.25) is 0 Å². The Balaban J connectivity index is 2.34. The number of hydrogen-bond acceptors (Lipinski definition) is 3. The van der Waals surface area contributed by atoms with E-state index in [9.17, 15) is 12.8 Å². The third kappa shape index (κ3) is 3.89. The average Bonchev–Trinajstić information content (AvgIpc) is 2.46. The molecule has 0 unspecified atom stereocenters. The van der Waals surface area contributed by atoms with Crippen molar-refractivity contribution in [2.45, 2.75) is 31.7 Å². The fraction of sp³-hybridized carbons (Fsp3) is 0.294. The fourth-order valence-electron chi connectivity index (χ4n) is 2.56. The van der Waals surface area contributed by atoms with E-state index in [1.807, 2.05) is 0 Å². The van der Waals surface area contributed by atoms with Gasteiger partial charge in [-0.25, -0.2) is 17.5 Å². The van der Waals surface area contributed by atoms with Crippen LogP contribution in [0.25, 0.3) is 0 Å². The lowest BCUT2D eigenvalue weighted by molar-refractivity contribution is 0.413. The minimum absolute atomic E-state index is 0.243. The molecule has 2 rings (SSSR count). The number of aryl methyl sites for hydroxylation is 2. The Morgan fingerprint density at radius 2 is 1.61 bits per heavy atom. The van der Waals surface area contributed by atoms with E-state index in [1.165, 1.54) is 19.2 Å². The molecule has 0 saturated carbocycles. The van der Waals surface area contributed by atoms with Crippen LogP contribution in [0.3, 0.4) is 0 Å². The second kappa shape index (κ2) is 6.68. The van der Waals surface area contributed by atoms with Gasteiger partial charge in [-0.2, -0.15) is 0 Å². The number of methoxy groups -OCH3 is 1. The summed E-state index contributed by atoms with van der Waals surface area (Å²) in [5.74, 6) is 0.260. The van der Waals surface area contributed by atoms with E-state index in [-0.39, 0.29) is 10.7 Å². The molecule has 0 radical (unpaired) electrons. The van der Waals surface area contributed by atoms with E-state index in [2.05, 4.69) is 4.72 Å². The van der Waals surface area contributed by atoms with Gasteiger partial charge in [-0.15, -0.1) is 0 Å². The Morgan fingerprint density at radius 1 is 1.09 bits per heavy atom. The molecule has 2 aromatic carbocycles. The molecule has 0 saturated heterocycles. The molecule has 0 heterocycles. The first-order valence-electron chi connectivity index (χ1n) is 7.17. The monoisotopic (exact) mass is 337 g/mol. The molecular weight excluding hydrogens is 317 g/mol. The molecular formula is C17H20FNO3S. The van der Waals surface area contributed by atoms with Gasteiger partial charge in [0.15, 0.2) is 0 Å². The maximum Gasteiger partial charge on any atom is 0.241 e. The summed E-state index contributed by atoms with van der Waals surface area (Å²) in [6.45, 7) is 5.18. The van der Waals surface area contributed by atoms with Crippen molar-refractivity contribution in [3.8, 4) is 5.75 Å². The molecule has 1 atom stereocenters. The first-order chi connectivity index (χ1) is 10.7. The normalized spacial score (nSPS) is 12.9. The highest BCUT2D eigenvalue weighted by molar-refractivity contribution is 7.89. The summed E-state index contributed by atoms with van der Waals surface area (Å²) in [6, 6.07) is 8.65. The summed E-state index contributed by atoms with van der Waals surface area (Å²) < 4.78 is 46.2. The van der Waals surface area contributed by atoms with Gasteiger partial charge in [0.2, 0.25) is 10.0 Å². The zero-order valence-electron chi connectivity index (χ0n) is 13.6. The highest BCUT2D eigenvalue weighted by Gasteiger charge is 2.23. The molecule has 0 aliphatic rings. The lowest BCUT2D eigenvalue weighted by Gasteiger charge is -2.18. The molecule has 0 aromatic heterocycles. The summed E-state index contributed by atoms with van der Waals surface area (Å²) in [5.41, 5.74) is 1.92. The minimum Gasteiger partial charge on any atom is -0.497 e. The lowest BCUT2D eigenvalue weighted by atomic mass is 10.1. The van der Waals surface area contributed by atoms with Crippen molar-refractivity contribution in [3.63, 3.8) is 0 Å². The third-order valence-electron chi connectivity index (χ3n) is 3.64. The molecule has 0 aliphatic heterocycles. The molecule has 0 aliphatic carbocycles. The standard InChI is InChI=1S/C17H20FNO3S/c1-11-9-16(22-4)10-12(2)17(11)23(20,21)19-13(3)14-5-7-15(18)8-6-14/h5-10,13,19H,1-4H3/t13-/m0/s1. The summed E-state index contributed by atoms with van der Waals surface area (Å²) in [7, 11) is -2.16.